The van der Waals surface area contributed by atoms with Gasteiger partial charge < -0.3 is 6.92 Å². The zero-order chi connectivity index (χ0) is 10.2. The van der Waals surface area contributed by atoms with E-state index in [4.69, 9.17) is 0 Å². The Hall–Kier alpha value is 0.664. The molecule has 0 nitrogen and oxygen atoms in total. The fraction of sp³-hybridized carbons (Fsp3) is 0.850. The summed E-state index contributed by atoms with van der Waals surface area (Å²) < 4.78 is 0. The molecule has 0 aromatic heterocycles. The molecule has 21 heavy (non-hydrogen) atoms. The summed E-state index contributed by atoms with van der Waals surface area (Å²) >= 11 is 0. The summed E-state index contributed by atoms with van der Waals surface area (Å²) in [5, 5.41) is 0. The largest absolute Gasteiger partial charge is 0.346 e. The van der Waals surface area contributed by atoms with E-state index < -0.39 is 0 Å². The van der Waals surface area contributed by atoms with E-state index in [1.807, 2.05) is 13.8 Å². The van der Waals surface area contributed by atoms with Crippen molar-refractivity contribution < 1.29 is 32.7 Å². The Kier molecular flexibility index (Phi) is 849. The molecular formula is C20H57Y-. The third-order valence-corrected chi connectivity index (χ3v) is 0.875. The van der Waals surface area contributed by atoms with Crippen molar-refractivity contribution in [1.82, 2.24) is 0 Å². The molecule has 0 unspecified atom stereocenters. The first-order chi connectivity index (χ1) is 5.91. The summed E-state index contributed by atoms with van der Waals surface area (Å²) in [7, 11) is 0. The Bertz CT molecular complexity index is 77.7. The second kappa shape index (κ2) is 180. The van der Waals surface area contributed by atoms with Gasteiger partial charge in [-0.2, -0.15) is 6.92 Å². The van der Waals surface area contributed by atoms with Crippen LogP contribution in [0, 0.1) is 18.8 Å². The molecule has 0 aliphatic heterocycles. The topological polar surface area (TPSA) is 0 Å². The van der Waals surface area contributed by atoms with Gasteiger partial charge in [-0.3, -0.25) is 0 Å². The van der Waals surface area contributed by atoms with Crippen LogP contribution in [0.15, 0.2) is 0 Å². The standard InChI is InChI=1S/C8H14.C2H6.C2H5.8CH4.Y/c1-3-5-7-8-6-4-2;2*1-2;;;;;;;;;/h3-6H2,1-2H3;1-2H3;1H2,2H3;8*1H4;/q;;-1;;;;;;;;;. The predicted octanol–water partition coefficient (Wildman–Crippen LogP) is 9.54. The molecule has 0 aliphatic rings. The Morgan fingerprint density at radius 2 is 0.714 bits per heavy atom. The molecule has 0 bridgehead atoms. The minimum absolute atomic E-state index is 0. The number of rotatable bonds is 2. The Morgan fingerprint density at radius 1 is 0.571 bits per heavy atom. The molecule has 0 amide bonds. The van der Waals surface area contributed by atoms with Crippen molar-refractivity contribution in [2.24, 2.45) is 0 Å². The monoisotopic (exact) mass is 386 g/mol. The van der Waals surface area contributed by atoms with Crippen molar-refractivity contribution in [3.05, 3.63) is 6.92 Å². The van der Waals surface area contributed by atoms with E-state index in [1.54, 1.807) is 6.92 Å². The van der Waals surface area contributed by atoms with Crippen molar-refractivity contribution in [2.75, 3.05) is 0 Å². The molecule has 0 aromatic carbocycles. The van der Waals surface area contributed by atoms with Crippen LogP contribution in [0.1, 0.15) is 120 Å². The zero-order valence-corrected chi connectivity index (χ0v) is 13.0. The van der Waals surface area contributed by atoms with Gasteiger partial charge in [-0.1, -0.05) is 87.1 Å². The van der Waals surface area contributed by atoms with Crippen molar-refractivity contribution in [3.63, 3.8) is 0 Å². The van der Waals surface area contributed by atoms with Gasteiger partial charge in [0.2, 0.25) is 0 Å². The molecule has 0 aliphatic carbocycles. The normalized spacial score (nSPS) is 3.52. The van der Waals surface area contributed by atoms with Crippen molar-refractivity contribution in [2.45, 2.75) is 120 Å². The summed E-state index contributed by atoms with van der Waals surface area (Å²) in [5.41, 5.74) is 0. The molecule has 1 heteroatoms. The van der Waals surface area contributed by atoms with Gasteiger partial charge in [-0.05, 0) is 12.8 Å². The van der Waals surface area contributed by atoms with Gasteiger partial charge in [0.05, 0.1) is 0 Å². The molecule has 141 valence electrons. The van der Waals surface area contributed by atoms with Crippen LogP contribution in [0.5, 0.6) is 0 Å². The average Bonchev–Trinajstić information content (AvgIpc) is 2.19. The van der Waals surface area contributed by atoms with Crippen LogP contribution in [0.4, 0.5) is 0 Å². The van der Waals surface area contributed by atoms with Crippen LogP contribution in [0.25, 0.3) is 0 Å². The maximum absolute atomic E-state index is 3.25. The second-order valence-corrected chi connectivity index (χ2v) is 1.85. The van der Waals surface area contributed by atoms with E-state index in [9.17, 15) is 0 Å². The first-order valence-corrected chi connectivity index (χ1v) is 5.08. The van der Waals surface area contributed by atoms with Gasteiger partial charge >= 0.3 is 0 Å². The van der Waals surface area contributed by atoms with E-state index >= 15 is 0 Å². The number of unbranched alkanes of at least 4 members (excludes halogenated alkanes) is 2. The second-order valence-electron chi connectivity index (χ2n) is 1.85. The zero-order valence-electron chi connectivity index (χ0n) is 10.1. The Balaban J connectivity index is -0.00000000579. The quantitative estimate of drug-likeness (QED) is 0.327. The molecule has 0 rings (SSSR count). The predicted molar refractivity (Wildman–Crippen MR) is 114 cm³/mol. The molecule has 0 atom stereocenters. The van der Waals surface area contributed by atoms with Crippen LogP contribution < -0.4 is 0 Å². The Labute approximate surface area is 170 Å². The fourth-order valence-electron chi connectivity index (χ4n) is 0.427. The maximum atomic E-state index is 3.25. The Morgan fingerprint density at radius 3 is 0.810 bits per heavy atom. The number of hydrogen-bond donors (Lipinski definition) is 0. The van der Waals surface area contributed by atoms with E-state index in [-0.39, 0.29) is 92.1 Å². The minimum Gasteiger partial charge on any atom is -0.346 e. The molecular weight excluding hydrogens is 329 g/mol. The maximum Gasteiger partial charge on any atom is 0.00860 e. The van der Waals surface area contributed by atoms with Crippen LogP contribution in [0.2, 0.25) is 0 Å². The third-order valence-electron chi connectivity index (χ3n) is 0.875. The summed E-state index contributed by atoms with van der Waals surface area (Å²) in [4.78, 5) is 0. The summed E-state index contributed by atoms with van der Waals surface area (Å²) in [6.07, 6.45) is 4.52. The molecule has 0 saturated heterocycles. The van der Waals surface area contributed by atoms with E-state index in [0.29, 0.717) is 0 Å². The van der Waals surface area contributed by atoms with Gasteiger partial charge in [-0.15, -0.1) is 11.8 Å². The van der Waals surface area contributed by atoms with Gasteiger partial charge in [0.1, 0.15) is 0 Å². The summed E-state index contributed by atoms with van der Waals surface area (Å²) in [6.45, 7) is 13.3. The summed E-state index contributed by atoms with van der Waals surface area (Å²) in [6, 6.07) is 0. The first-order valence-electron chi connectivity index (χ1n) is 5.08. The molecule has 0 aromatic rings. The first kappa shape index (κ1) is 99.1. The van der Waals surface area contributed by atoms with Crippen molar-refractivity contribution in [3.8, 4) is 11.8 Å². The van der Waals surface area contributed by atoms with Crippen LogP contribution in [-0.4, -0.2) is 0 Å². The molecule has 0 N–H and O–H groups in total. The van der Waals surface area contributed by atoms with E-state index in [1.165, 1.54) is 12.8 Å². The van der Waals surface area contributed by atoms with Gasteiger partial charge in [0.25, 0.3) is 0 Å². The van der Waals surface area contributed by atoms with Crippen LogP contribution in [0.3, 0.4) is 0 Å². The third kappa shape index (κ3) is 224. The minimum atomic E-state index is 0. The summed E-state index contributed by atoms with van der Waals surface area (Å²) in [5.74, 6) is 6.17. The van der Waals surface area contributed by atoms with Crippen molar-refractivity contribution >= 4 is 0 Å². The van der Waals surface area contributed by atoms with Crippen LogP contribution >= 0.6 is 0 Å². The average molecular weight is 387 g/mol. The molecule has 1 radical (unpaired) electrons. The van der Waals surface area contributed by atoms with E-state index in [2.05, 4.69) is 32.6 Å². The van der Waals surface area contributed by atoms with Crippen molar-refractivity contribution in [1.29, 1.82) is 0 Å². The van der Waals surface area contributed by atoms with Gasteiger partial charge in [-0.25, -0.2) is 0 Å². The van der Waals surface area contributed by atoms with E-state index in [0.717, 1.165) is 12.8 Å². The van der Waals surface area contributed by atoms with Gasteiger partial charge in [0, 0.05) is 45.6 Å². The van der Waals surface area contributed by atoms with Crippen LogP contribution in [-0.2, 0) is 32.7 Å². The smallest absolute Gasteiger partial charge is 0.00860 e. The van der Waals surface area contributed by atoms with Gasteiger partial charge in [0.15, 0.2) is 0 Å². The number of hydrogen-bond acceptors (Lipinski definition) is 0. The molecule has 0 spiro atoms. The molecule has 0 heterocycles. The molecule has 0 fully saturated rings. The molecule has 0 saturated carbocycles. The SMILES string of the molecule is C.C.C.C.C.C.C.C.CC.CCCC#CCCC.[CH2-]C.[Y]. The fourth-order valence-corrected chi connectivity index (χ4v) is 0.427.